The van der Waals surface area contributed by atoms with Gasteiger partial charge in [0.1, 0.15) is 12.4 Å². The molecular weight excluding hydrogens is 448 g/mol. The second-order valence-corrected chi connectivity index (χ2v) is 7.74. The molecule has 7 nitrogen and oxygen atoms in total. The Morgan fingerprint density at radius 1 is 1.03 bits per heavy atom. The first-order valence-electron chi connectivity index (χ1n) is 9.69. The van der Waals surface area contributed by atoms with Crippen LogP contribution in [-0.4, -0.2) is 25.3 Å². The molecule has 0 amide bonds. The van der Waals surface area contributed by atoms with Crippen LogP contribution in [0.2, 0.25) is 0 Å². The van der Waals surface area contributed by atoms with Crippen molar-refractivity contribution >= 4 is 27.1 Å². The zero-order chi connectivity index (χ0) is 21.1. The van der Waals surface area contributed by atoms with Gasteiger partial charge in [0, 0.05) is 11.0 Å². The maximum Gasteiger partial charge on any atom is 0.333 e. The lowest BCUT2D eigenvalue weighted by molar-refractivity contribution is 0.292. The molecule has 0 saturated heterocycles. The summed E-state index contributed by atoms with van der Waals surface area (Å²) in [6.07, 6.45) is 1.61. The Balaban J connectivity index is 1.73. The minimum absolute atomic E-state index is 0.143. The summed E-state index contributed by atoms with van der Waals surface area (Å²) < 4.78 is 11.2. The highest BCUT2D eigenvalue weighted by Crippen LogP contribution is 2.17. The summed E-state index contributed by atoms with van der Waals surface area (Å²) in [4.78, 5) is 30.7. The van der Waals surface area contributed by atoms with Crippen molar-refractivity contribution in [2.75, 3.05) is 6.61 Å². The number of hydrogen-bond acceptors (Lipinski definition) is 4. The Morgan fingerprint density at radius 3 is 2.57 bits per heavy atom. The first-order valence-corrected chi connectivity index (χ1v) is 10.5. The maximum atomic E-state index is 13.2. The van der Waals surface area contributed by atoms with Crippen LogP contribution in [-0.2, 0) is 19.6 Å². The second-order valence-electron chi connectivity index (χ2n) is 6.82. The summed E-state index contributed by atoms with van der Waals surface area (Å²) in [6.45, 7) is 3.20. The zero-order valence-electron chi connectivity index (χ0n) is 16.5. The van der Waals surface area contributed by atoms with Crippen molar-refractivity contribution in [1.29, 1.82) is 0 Å². The third kappa shape index (κ3) is 3.95. The summed E-state index contributed by atoms with van der Waals surface area (Å²) in [5.41, 5.74) is 1.05. The predicted molar refractivity (Wildman–Crippen MR) is 119 cm³/mol. The largest absolute Gasteiger partial charge is 0.492 e. The van der Waals surface area contributed by atoms with Gasteiger partial charge in [0.15, 0.2) is 11.2 Å². The number of halogens is 1. The van der Waals surface area contributed by atoms with E-state index < -0.39 is 5.69 Å². The van der Waals surface area contributed by atoms with Crippen LogP contribution in [0.4, 0.5) is 0 Å². The number of benzene rings is 2. The van der Waals surface area contributed by atoms with Crippen molar-refractivity contribution in [2.45, 2.75) is 26.6 Å². The van der Waals surface area contributed by atoms with Crippen molar-refractivity contribution < 1.29 is 4.74 Å². The Hall–Kier alpha value is -3.13. The molecule has 0 aliphatic rings. The first-order chi connectivity index (χ1) is 14.6. The standard InChI is InChI=1S/C22H21BrN4O3/c1-2-25-15-24-20-19(25)21(28)26(11-12-30-18-10-6-9-17(23)13-18)22(29)27(20)14-16-7-4-3-5-8-16/h3-10,13,15H,2,11-12,14H2,1H3. The van der Waals surface area contributed by atoms with Crippen LogP contribution >= 0.6 is 15.9 Å². The highest BCUT2D eigenvalue weighted by molar-refractivity contribution is 9.10. The number of fused-ring (bicyclic) bond motifs is 1. The Kier molecular flexibility index (Phi) is 5.85. The number of hydrogen-bond donors (Lipinski definition) is 0. The molecule has 30 heavy (non-hydrogen) atoms. The first kappa shape index (κ1) is 20.2. The Morgan fingerprint density at radius 2 is 1.83 bits per heavy atom. The quantitative estimate of drug-likeness (QED) is 0.417. The van der Waals surface area contributed by atoms with Gasteiger partial charge in [0.25, 0.3) is 5.56 Å². The molecule has 8 heteroatoms. The van der Waals surface area contributed by atoms with E-state index in [0.29, 0.717) is 30.0 Å². The van der Waals surface area contributed by atoms with Crippen LogP contribution in [0.3, 0.4) is 0 Å². The van der Waals surface area contributed by atoms with Crippen LogP contribution < -0.4 is 16.0 Å². The number of aromatic nitrogens is 4. The van der Waals surface area contributed by atoms with Gasteiger partial charge in [-0.15, -0.1) is 0 Å². The van der Waals surface area contributed by atoms with Crippen LogP contribution in [0.1, 0.15) is 12.5 Å². The van der Waals surface area contributed by atoms with Crippen LogP contribution in [0.5, 0.6) is 5.75 Å². The fraction of sp³-hybridized carbons (Fsp3) is 0.227. The molecule has 0 bridgehead atoms. The van der Waals surface area contributed by atoms with Gasteiger partial charge >= 0.3 is 5.69 Å². The second kappa shape index (κ2) is 8.71. The predicted octanol–water partition coefficient (Wildman–Crippen LogP) is 3.27. The molecule has 4 rings (SSSR count). The van der Waals surface area contributed by atoms with E-state index in [-0.39, 0.29) is 18.7 Å². The van der Waals surface area contributed by atoms with Gasteiger partial charge in [0.05, 0.1) is 19.4 Å². The summed E-state index contributed by atoms with van der Waals surface area (Å²) in [5, 5.41) is 0. The molecule has 4 aromatic rings. The lowest BCUT2D eigenvalue weighted by atomic mass is 10.2. The number of aryl methyl sites for hydroxylation is 1. The summed E-state index contributed by atoms with van der Waals surface area (Å²) in [7, 11) is 0. The van der Waals surface area contributed by atoms with E-state index in [2.05, 4.69) is 20.9 Å². The number of rotatable bonds is 7. The third-order valence-electron chi connectivity index (χ3n) is 4.89. The smallest absolute Gasteiger partial charge is 0.333 e. The molecule has 154 valence electrons. The highest BCUT2D eigenvalue weighted by atomic mass is 79.9. The molecule has 0 radical (unpaired) electrons. The molecule has 2 heterocycles. The Labute approximate surface area is 181 Å². The summed E-state index contributed by atoms with van der Waals surface area (Å²) in [6, 6.07) is 17.1. The molecule has 0 N–H and O–H groups in total. The maximum absolute atomic E-state index is 13.2. The van der Waals surface area contributed by atoms with Gasteiger partial charge < -0.3 is 9.30 Å². The highest BCUT2D eigenvalue weighted by Gasteiger charge is 2.18. The van der Waals surface area contributed by atoms with E-state index in [0.717, 1.165) is 10.0 Å². The van der Waals surface area contributed by atoms with Gasteiger partial charge in [-0.3, -0.25) is 13.9 Å². The fourth-order valence-electron chi connectivity index (χ4n) is 3.40. The van der Waals surface area contributed by atoms with E-state index in [1.165, 1.54) is 4.57 Å². The van der Waals surface area contributed by atoms with Gasteiger partial charge in [-0.2, -0.15) is 0 Å². The molecular formula is C22H21BrN4O3. The summed E-state index contributed by atoms with van der Waals surface area (Å²) >= 11 is 3.40. The van der Waals surface area contributed by atoms with Crippen molar-refractivity contribution in [3.8, 4) is 5.75 Å². The van der Waals surface area contributed by atoms with Crippen molar-refractivity contribution in [1.82, 2.24) is 18.7 Å². The molecule has 2 aromatic carbocycles. The van der Waals surface area contributed by atoms with E-state index in [1.807, 2.05) is 61.5 Å². The average Bonchev–Trinajstić information content (AvgIpc) is 3.19. The SMILES string of the molecule is CCn1cnc2c1c(=O)n(CCOc1cccc(Br)c1)c(=O)n2Cc1ccccc1. The number of ether oxygens (including phenoxy) is 1. The third-order valence-corrected chi connectivity index (χ3v) is 5.38. The number of nitrogens with zero attached hydrogens (tertiary/aromatic N) is 4. The minimum Gasteiger partial charge on any atom is -0.492 e. The average molecular weight is 469 g/mol. The molecule has 0 atom stereocenters. The monoisotopic (exact) mass is 468 g/mol. The topological polar surface area (TPSA) is 71.1 Å². The van der Waals surface area contributed by atoms with Crippen LogP contribution in [0, 0.1) is 0 Å². The molecule has 0 aliphatic heterocycles. The van der Waals surface area contributed by atoms with Gasteiger partial charge in [0.2, 0.25) is 0 Å². The molecule has 0 unspecified atom stereocenters. The van der Waals surface area contributed by atoms with E-state index >= 15 is 0 Å². The van der Waals surface area contributed by atoms with Crippen molar-refractivity contribution in [2.24, 2.45) is 0 Å². The van der Waals surface area contributed by atoms with E-state index in [4.69, 9.17) is 4.74 Å². The van der Waals surface area contributed by atoms with E-state index in [9.17, 15) is 9.59 Å². The van der Waals surface area contributed by atoms with Crippen LogP contribution in [0.15, 0.2) is 75.0 Å². The summed E-state index contributed by atoms with van der Waals surface area (Å²) in [5.74, 6) is 0.668. The molecule has 2 aromatic heterocycles. The Bertz CT molecular complexity index is 1290. The normalized spacial score (nSPS) is 11.1. The molecule has 0 aliphatic carbocycles. The number of imidazole rings is 1. The minimum atomic E-state index is -0.393. The molecule has 0 saturated carbocycles. The van der Waals surface area contributed by atoms with Crippen molar-refractivity contribution in [3.05, 3.63) is 91.8 Å². The van der Waals surface area contributed by atoms with Crippen molar-refractivity contribution in [3.63, 3.8) is 0 Å². The van der Waals surface area contributed by atoms with Gasteiger partial charge in [-0.25, -0.2) is 9.78 Å². The lowest BCUT2D eigenvalue weighted by Gasteiger charge is -2.13. The van der Waals surface area contributed by atoms with Gasteiger partial charge in [-0.05, 0) is 30.7 Å². The fourth-order valence-corrected chi connectivity index (χ4v) is 3.77. The lowest BCUT2D eigenvalue weighted by Crippen LogP contribution is -2.42. The molecule has 0 fully saturated rings. The van der Waals surface area contributed by atoms with E-state index in [1.54, 1.807) is 15.5 Å². The van der Waals surface area contributed by atoms with Crippen LogP contribution in [0.25, 0.3) is 11.2 Å². The van der Waals surface area contributed by atoms with Gasteiger partial charge in [-0.1, -0.05) is 52.3 Å². The molecule has 0 spiro atoms. The zero-order valence-corrected chi connectivity index (χ0v) is 18.1.